The number of pyridine rings is 1. The Labute approximate surface area is 141 Å². The lowest BCUT2D eigenvalue weighted by molar-refractivity contribution is 0.0955. The van der Waals surface area contributed by atoms with Crippen LogP contribution in [-0.2, 0) is 6.54 Å². The Morgan fingerprint density at radius 3 is 2.71 bits per heavy atom. The van der Waals surface area contributed by atoms with Crippen molar-refractivity contribution in [2.24, 2.45) is 0 Å². The van der Waals surface area contributed by atoms with Gasteiger partial charge in [0.05, 0.1) is 22.8 Å². The van der Waals surface area contributed by atoms with Gasteiger partial charge in [0.15, 0.2) is 5.65 Å². The molecule has 2 aromatic heterocycles. The van der Waals surface area contributed by atoms with E-state index in [2.05, 4.69) is 17.3 Å². The van der Waals surface area contributed by atoms with E-state index in [4.69, 9.17) is 4.98 Å². The van der Waals surface area contributed by atoms with Crippen LogP contribution in [0.1, 0.15) is 37.0 Å². The Kier molecular flexibility index (Phi) is 4.89. The quantitative estimate of drug-likeness (QED) is 0.705. The van der Waals surface area contributed by atoms with Crippen molar-refractivity contribution in [3.05, 3.63) is 48.2 Å². The summed E-state index contributed by atoms with van der Waals surface area (Å²) < 4.78 is 1.82. The first-order valence-corrected chi connectivity index (χ1v) is 8.44. The summed E-state index contributed by atoms with van der Waals surface area (Å²) in [5, 5.41) is 8.15. The molecule has 5 heteroatoms. The Balaban J connectivity index is 2.09. The summed E-state index contributed by atoms with van der Waals surface area (Å²) in [6, 6.07) is 11.8. The second-order valence-electron chi connectivity index (χ2n) is 5.73. The van der Waals surface area contributed by atoms with Gasteiger partial charge < -0.3 is 5.32 Å². The number of unbranched alkanes of at least 4 members (excludes halogenated alkanes) is 1. The normalized spacial score (nSPS) is 10.9. The van der Waals surface area contributed by atoms with Crippen molar-refractivity contribution >= 4 is 16.9 Å². The largest absolute Gasteiger partial charge is 0.352 e. The first kappa shape index (κ1) is 16.2. The van der Waals surface area contributed by atoms with Gasteiger partial charge in [0.2, 0.25) is 0 Å². The molecule has 1 aromatic carbocycles. The summed E-state index contributed by atoms with van der Waals surface area (Å²) in [5.74, 6) is -0.0660. The van der Waals surface area contributed by atoms with Gasteiger partial charge in [-0.1, -0.05) is 43.7 Å². The third-order valence-corrected chi connectivity index (χ3v) is 4.04. The maximum absolute atomic E-state index is 12.6. The van der Waals surface area contributed by atoms with Crippen molar-refractivity contribution in [3.8, 4) is 11.3 Å². The average molecular weight is 322 g/mol. The van der Waals surface area contributed by atoms with E-state index in [0.29, 0.717) is 18.7 Å². The van der Waals surface area contributed by atoms with Crippen molar-refractivity contribution < 1.29 is 4.79 Å². The lowest BCUT2D eigenvalue weighted by Gasteiger charge is -2.09. The van der Waals surface area contributed by atoms with E-state index < -0.39 is 0 Å². The summed E-state index contributed by atoms with van der Waals surface area (Å²) in [6.45, 7) is 5.52. The molecule has 1 amide bonds. The number of amides is 1. The molecule has 2 heterocycles. The molecule has 0 unspecified atom stereocenters. The molecule has 3 aromatic rings. The molecule has 3 rings (SSSR count). The highest BCUT2D eigenvalue weighted by Crippen LogP contribution is 2.24. The SMILES string of the molecule is CCCCNC(=O)c1cc(-c2ccccc2)nc2c1cnn2CC. The van der Waals surface area contributed by atoms with E-state index in [1.54, 1.807) is 6.20 Å². The molecule has 0 radical (unpaired) electrons. The highest BCUT2D eigenvalue weighted by atomic mass is 16.1. The van der Waals surface area contributed by atoms with Gasteiger partial charge in [-0.25, -0.2) is 9.67 Å². The first-order valence-electron chi connectivity index (χ1n) is 8.44. The third kappa shape index (κ3) is 3.15. The zero-order valence-electron chi connectivity index (χ0n) is 14.1. The third-order valence-electron chi connectivity index (χ3n) is 4.04. The molecule has 124 valence electrons. The molecule has 0 aliphatic carbocycles. The van der Waals surface area contributed by atoms with Crippen molar-refractivity contribution in [1.82, 2.24) is 20.1 Å². The molecule has 0 aliphatic heterocycles. The summed E-state index contributed by atoms with van der Waals surface area (Å²) in [4.78, 5) is 17.4. The lowest BCUT2D eigenvalue weighted by atomic mass is 10.1. The van der Waals surface area contributed by atoms with Gasteiger partial charge in [0.25, 0.3) is 5.91 Å². The lowest BCUT2D eigenvalue weighted by Crippen LogP contribution is -2.24. The number of fused-ring (bicyclic) bond motifs is 1. The van der Waals surface area contributed by atoms with Crippen LogP contribution in [0.5, 0.6) is 0 Å². The van der Waals surface area contributed by atoms with Crippen molar-refractivity contribution in [1.29, 1.82) is 0 Å². The van der Waals surface area contributed by atoms with Gasteiger partial charge in [-0.05, 0) is 19.4 Å². The van der Waals surface area contributed by atoms with E-state index in [1.807, 2.05) is 48.0 Å². The number of hydrogen-bond donors (Lipinski definition) is 1. The molecule has 0 saturated heterocycles. The van der Waals surface area contributed by atoms with E-state index in [9.17, 15) is 4.79 Å². The van der Waals surface area contributed by atoms with Gasteiger partial charge >= 0.3 is 0 Å². The molecule has 0 aliphatic rings. The number of aryl methyl sites for hydroxylation is 1. The van der Waals surface area contributed by atoms with Crippen LogP contribution in [0.3, 0.4) is 0 Å². The fourth-order valence-electron chi connectivity index (χ4n) is 2.70. The predicted octanol–water partition coefficient (Wildman–Crippen LogP) is 3.65. The van der Waals surface area contributed by atoms with Gasteiger partial charge in [-0.2, -0.15) is 5.10 Å². The molecule has 0 fully saturated rings. The summed E-state index contributed by atoms with van der Waals surface area (Å²) in [7, 11) is 0. The van der Waals surface area contributed by atoms with E-state index >= 15 is 0 Å². The molecular weight excluding hydrogens is 300 g/mol. The molecule has 0 saturated carbocycles. The van der Waals surface area contributed by atoms with Crippen LogP contribution in [0.25, 0.3) is 22.3 Å². The molecule has 24 heavy (non-hydrogen) atoms. The maximum atomic E-state index is 12.6. The fraction of sp³-hybridized carbons (Fsp3) is 0.316. The van der Waals surface area contributed by atoms with Gasteiger partial charge in [0.1, 0.15) is 0 Å². The van der Waals surface area contributed by atoms with Crippen LogP contribution in [0.15, 0.2) is 42.6 Å². The van der Waals surface area contributed by atoms with Crippen molar-refractivity contribution in [2.45, 2.75) is 33.2 Å². The monoisotopic (exact) mass is 322 g/mol. The second-order valence-corrected chi connectivity index (χ2v) is 5.73. The minimum Gasteiger partial charge on any atom is -0.352 e. The van der Waals surface area contributed by atoms with E-state index in [0.717, 1.165) is 35.1 Å². The highest BCUT2D eigenvalue weighted by molar-refractivity contribution is 6.06. The number of nitrogens with one attached hydrogen (secondary N) is 1. The van der Waals surface area contributed by atoms with Crippen molar-refractivity contribution in [3.63, 3.8) is 0 Å². The zero-order valence-corrected chi connectivity index (χ0v) is 14.1. The van der Waals surface area contributed by atoms with Crippen molar-refractivity contribution in [2.75, 3.05) is 6.54 Å². The van der Waals surface area contributed by atoms with Gasteiger partial charge in [0, 0.05) is 18.7 Å². The van der Waals surface area contributed by atoms with Gasteiger partial charge in [-0.3, -0.25) is 4.79 Å². The Morgan fingerprint density at radius 1 is 1.21 bits per heavy atom. The minimum atomic E-state index is -0.0660. The number of nitrogens with zero attached hydrogens (tertiary/aromatic N) is 3. The molecular formula is C19H22N4O. The summed E-state index contributed by atoms with van der Waals surface area (Å²) in [6.07, 6.45) is 3.75. The summed E-state index contributed by atoms with van der Waals surface area (Å²) in [5.41, 5.74) is 3.17. The van der Waals surface area contributed by atoms with Crippen LogP contribution in [-0.4, -0.2) is 27.2 Å². The second kappa shape index (κ2) is 7.25. The van der Waals surface area contributed by atoms with Crippen LogP contribution in [0.4, 0.5) is 0 Å². The topological polar surface area (TPSA) is 59.8 Å². The highest BCUT2D eigenvalue weighted by Gasteiger charge is 2.16. The maximum Gasteiger partial charge on any atom is 0.252 e. The number of rotatable bonds is 6. The predicted molar refractivity (Wildman–Crippen MR) is 95.9 cm³/mol. The Morgan fingerprint density at radius 2 is 2.00 bits per heavy atom. The average Bonchev–Trinajstić information content (AvgIpc) is 3.04. The van der Waals surface area contributed by atoms with E-state index in [1.165, 1.54) is 0 Å². The standard InChI is InChI=1S/C19H22N4O/c1-3-5-11-20-19(24)15-12-17(14-9-7-6-8-10-14)22-18-16(15)13-21-23(18)4-2/h6-10,12-13H,3-5,11H2,1-2H3,(H,20,24). The van der Waals surface area contributed by atoms with Crippen LogP contribution in [0.2, 0.25) is 0 Å². The number of hydrogen-bond acceptors (Lipinski definition) is 3. The first-order chi connectivity index (χ1) is 11.7. The number of aromatic nitrogens is 3. The van der Waals surface area contributed by atoms with Crippen LogP contribution in [0, 0.1) is 0 Å². The van der Waals surface area contributed by atoms with Gasteiger partial charge in [-0.15, -0.1) is 0 Å². The smallest absolute Gasteiger partial charge is 0.252 e. The fourth-order valence-corrected chi connectivity index (χ4v) is 2.70. The molecule has 0 bridgehead atoms. The minimum absolute atomic E-state index is 0.0660. The van der Waals surface area contributed by atoms with E-state index in [-0.39, 0.29) is 5.91 Å². The Hall–Kier alpha value is -2.69. The molecule has 1 N–H and O–H groups in total. The zero-order chi connectivity index (χ0) is 16.9. The number of carbonyl (C=O) groups is 1. The number of benzene rings is 1. The Bertz CT molecular complexity index is 839. The summed E-state index contributed by atoms with van der Waals surface area (Å²) >= 11 is 0. The van der Waals surface area contributed by atoms with Crippen LogP contribution < -0.4 is 5.32 Å². The molecule has 0 atom stereocenters. The molecule has 0 spiro atoms. The number of carbonyl (C=O) groups excluding carboxylic acids is 1. The molecule has 5 nitrogen and oxygen atoms in total. The van der Waals surface area contributed by atoms with Crippen LogP contribution >= 0.6 is 0 Å².